The van der Waals surface area contributed by atoms with Crippen LogP contribution in [0.2, 0.25) is 0 Å². The minimum absolute atomic E-state index is 0. The van der Waals surface area contributed by atoms with Crippen LogP contribution in [-0.4, -0.2) is 99.3 Å². The van der Waals surface area contributed by atoms with Gasteiger partial charge in [0.2, 0.25) is 0 Å². The van der Waals surface area contributed by atoms with Gasteiger partial charge in [0.05, 0.1) is 13.2 Å². The maximum atomic E-state index is 5.43. The molecule has 0 bridgehead atoms. The van der Waals surface area contributed by atoms with E-state index in [4.69, 9.17) is 9.73 Å². The van der Waals surface area contributed by atoms with Crippen LogP contribution in [0.15, 0.2) is 4.99 Å². The molecule has 2 atom stereocenters. The van der Waals surface area contributed by atoms with Gasteiger partial charge in [-0.1, -0.05) is 13.8 Å². The summed E-state index contributed by atoms with van der Waals surface area (Å²) in [5, 5.41) is 3.47. The van der Waals surface area contributed by atoms with Gasteiger partial charge in [0, 0.05) is 52.4 Å². The van der Waals surface area contributed by atoms with E-state index in [9.17, 15) is 0 Å². The molecule has 0 aromatic carbocycles. The Hall–Kier alpha value is -0.120. The summed E-state index contributed by atoms with van der Waals surface area (Å²) in [7, 11) is 2.18. The van der Waals surface area contributed by atoms with Gasteiger partial charge >= 0.3 is 0 Å². The maximum Gasteiger partial charge on any atom is 0.193 e. The highest BCUT2D eigenvalue weighted by atomic mass is 127. The van der Waals surface area contributed by atoms with Crippen molar-refractivity contribution in [1.29, 1.82) is 0 Å². The second-order valence-corrected chi connectivity index (χ2v) is 7.52. The third-order valence-electron chi connectivity index (χ3n) is 5.31. The van der Waals surface area contributed by atoms with E-state index >= 15 is 0 Å². The molecule has 7 heteroatoms. The molecule has 0 aliphatic carbocycles. The van der Waals surface area contributed by atoms with E-state index in [0.717, 1.165) is 65.0 Å². The van der Waals surface area contributed by atoms with Gasteiger partial charge in [0.1, 0.15) is 0 Å². The van der Waals surface area contributed by atoms with E-state index in [0.29, 0.717) is 12.0 Å². The number of guanidine groups is 1. The highest BCUT2D eigenvalue weighted by Crippen LogP contribution is 2.17. The lowest BCUT2D eigenvalue weighted by molar-refractivity contribution is 0.0323. The molecule has 2 aliphatic rings. The van der Waals surface area contributed by atoms with Gasteiger partial charge in [-0.3, -0.25) is 14.8 Å². The van der Waals surface area contributed by atoms with Crippen LogP contribution in [-0.2, 0) is 4.74 Å². The minimum atomic E-state index is 0. The molecular weight excluding hydrogens is 441 g/mol. The fraction of sp³-hybridized carbons (Fsp3) is 0.947. The molecule has 0 aromatic heterocycles. The predicted octanol–water partition coefficient (Wildman–Crippen LogP) is 1.95. The first-order valence-electron chi connectivity index (χ1n) is 10.2. The smallest absolute Gasteiger partial charge is 0.193 e. The lowest BCUT2D eigenvalue weighted by Gasteiger charge is -2.30. The number of aliphatic imine (C=N–C) groups is 1. The van der Waals surface area contributed by atoms with Crippen molar-refractivity contribution in [1.82, 2.24) is 20.0 Å². The van der Waals surface area contributed by atoms with Crippen molar-refractivity contribution in [2.45, 2.75) is 39.7 Å². The standard InChI is InChI=1S/C19H39N5O.HI/c1-5-20-19(22(4)16-18-8-7-9-24(18)6-2)21-14-17(3)15-23-10-12-25-13-11-23;/h17-18H,5-16H2,1-4H3,(H,20,21);1H. The lowest BCUT2D eigenvalue weighted by atomic mass is 10.1. The van der Waals surface area contributed by atoms with Crippen molar-refractivity contribution < 1.29 is 4.74 Å². The van der Waals surface area contributed by atoms with Gasteiger partial charge in [-0.25, -0.2) is 0 Å². The first-order chi connectivity index (χ1) is 12.1. The van der Waals surface area contributed by atoms with E-state index in [1.807, 2.05) is 0 Å². The van der Waals surface area contributed by atoms with Crippen LogP contribution in [0.25, 0.3) is 0 Å². The second kappa shape index (κ2) is 13.1. The van der Waals surface area contributed by atoms with Crippen molar-refractivity contribution in [3.63, 3.8) is 0 Å². The topological polar surface area (TPSA) is 43.3 Å². The molecular formula is C19H40IN5O. The molecule has 154 valence electrons. The van der Waals surface area contributed by atoms with Gasteiger partial charge in [0.25, 0.3) is 0 Å². The molecule has 2 saturated heterocycles. The molecule has 2 unspecified atom stereocenters. The Morgan fingerprint density at radius 1 is 1.27 bits per heavy atom. The highest BCUT2D eigenvalue weighted by molar-refractivity contribution is 14.0. The number of morpholine rings is 1. The number of halogens is 1. The Morgan fingerprint density at radius 3 is 2.65 bits per heavy atom. The largest absolute Gasteiger partial charge is 0.379 e. The SMILES string of the molecule is CCNC(=NCC(C)CN1CCOCC1)N(C)CC1CCCN1CC.I. The van der Waals surface area contributed by atoms with Crippen LogP contribution < -0.4 is 5.32 Å². The average molecular weight is 481 g/mol. The average Bonchev–Trinajstić information content (AvgIpc) is 3.06. The van der Waals surface area contributed by atoms with Crippen LogP contribution in [0.5, 0.6) is 0 Å². The number of hydrogen-bond acceptors (Lipinski definition) is 4. The Bertz CT molecular complexity index is 403. The molecule has 2 heterocycles. The Morgan fingerprint density at radius 2 is 2.00 bits per heavy atom. The summed E-state index contributed by atoms with van der Waals surface area (Å²) >= 11 is 0. The molecule has 0 spiro atoms. The number of likely N-dealkylation sites (tertiary alicyclic amines) is 1. The van der Waals surface area contributed by atoms with Crippen LogP contribution in [0.1, 0.15) is 33.6 Å². The number of hydrogen-bond donors (Lipinski definition) is 1. The Labute approximate surface area is 177 Å². The zero-order valence-electron chi connectivity index (χ0n) is 17.2. The number of nitrogens with zero attached hydrogens (tertiary/aromatic N) is 4. The van der Waals surface area contributed by atoms with Crippen molar-refractivity contribution in [3.8, 4) is 0 Å². The number of nitrogens with one attached hydrogen (secondary N) is 1. The summed E-state index contributed by atoms with van der Waals surface area (Å²) in [5.74, 6) is 1.62. The van der Waals surface area contributed by atoms with Crippen molar-refractivity contribution in [2.75, 3.05) is 72.6 Å². The van der Waals surface area contributed by atoms with Gasteiger partial charge in [0.15, 0.2) is 5.96 Å². The molecule has 0 saturated carbocycles. The van der Waals surface area contributed by atoms with Gasteiger partial charge in [-0.2, -0.15) is 0 Å². The maximum absolute atomic E-state index is 5.43. The second-order valence-electron chi connectivity index (χ2n) is 7.52. The molecule has 0 radical (unpaired) electrons. The first kappa shape index (κ1) is 23.9. The summed E-state index contributed by atoms with van der Waals surface area (Å²) < 4.78 is 5.43. The first-order valence-corrected chi connectivity index (χ1v) is 10.2. The molecule has 0 amide bonds. The number of rotatable bonds is 8. The van der Waals surface area contributed by atoms with E-state index in [1.165, 1.54) is 19.4 Å². The van der Waals surface area contributed by atoms with Crippen LogP contribution in [0.4, 0.5) is 0 Å². The Balaban J connectivity index is 0.00000338. The summed E-state index contributed by atoms with van der Waals surface area (Å²) in [4.78, 5) is 12.3. The van der Waals surface area contributed by atoms with Crippen LogP contribution >= 0.6 is 24.0 Å². The summed E-state index contributed by atoms with van der Waals surface area (Å²) in [6.07, 6.45) is 2.64. The lowest BCUT2D eigenvalue weighted by Crippen LogP contribution is -2.46. The van der Waals surface area contributed by atoms with E-state index in [1.54, 1.807) is 0 Å². The molecule has 26 heavy (non-hydrogen) atoms. The van der Waals surface area contributed by atoms with Crippen molar-refractivity contribution in [3.05, 3.63) is 0 Å². The molecule has 0 aromatic rings. The van der Waals surface area contributed by atoms with Gasteiger partial charge < -0.3 is 15.0 Å². The van der Waals surface area contributed by atoms with Crippen LogP contribution in [0.3, 0.4) is 0 Å². The molecule has 2 aliphatic heterocycles. The summed E-state index contributed by atoms with van der Waals surface area (Å²) in [5.41, 5.74) is 0. The zero-order chi connectivity index (χ0) is 18.1. The molecule has 1 N–H and O–H groups in total. The van der Waals surface area contributed by atoms with Gasteiger partial charge in [-0.05, 0) is 38.8 Å². The highest BCUT2D eigenvalue weighted by Gasteiger charge is 2.25. The monoisotopic (exact) mass is 481 g/mol. The molecule has 6 nitrogen and oxygen atoms in total. The van der Waals surface area contributed by atoms with Crippen molar-refractivity contribution >= 4 is 29.9 Å². The van der Waals surface area contributed by atoms with Crippen molar-refractivity contribution in [2.24, 2.45) is 10.9 Å². The van der Waals surface area contributed by atoms with Crippen LogP contribution in [0, 0.1) is 5.92 Å². The summed E-state index contributed by atoms with van der Waals surface area (Å²) in [6, 6.07) is 0.671. The molecule has 2 rings (SSSR count). The number of ether oxygens (including phenoxy) is 1. The van der Waals surface area contributed by atoms with E-state index < -0.39 is 0 Å². The van der Waals surface area contributed by atoms with Gasteiger partial charge in [-0.15, -0.1) is 24.0 Å². The van der Waals surface area contributed by atoms with E-state index in [2.05, 4.69) is 47.8 Å². The normalized spacial score (nSPS) is 23.5. The molecule has 2 fully saturated rings. The third-order valence-corrected chi connectivity index (χ3v) is 5.31. The third kappa shape index (κ3) is 7.86. The van der Waals surface area contributed by atoms with E-state index in [-0.39, 0.29) is 24.0 Å². The quantitative estimate of drug-likeness (QED) is 0.326. The predicted molar refractivity (Wildman–Crippen MR) is 121 cm³/mol. The summed E-state index contributed by atoms with van der Waals surface area (Å²) in [6.45, 7) is 17.0. The fourth-order valence-corrected chi connectivity index (χ4v) is 3.92. The number of likely N-dealkylation sites (N-methyl/N-ethyl adjacent to an activating group) is 2. The Kier molecular flexibility index (Phi) is 12.1. The fourth-order valence-electron chi connectivity index (χ4n) is 3.92. The zero-order valence-corrected chi connectivity index (χ0v) is 19.6. The minimum Gasteiger partial charge on any atom is -0.379 e.